The standard InChI is InChI=1S/C13H19ClN2O/c1-16(7-9-4-12(17)5-9)8-10-6-11(14)2-3-13(10)15/h2-3,6,9,12,17H,4-5,7-8,15H2,1H3. The number of halogens is 1. The predicted molar refractivity (Wildman–Crippen MR) is 70.9 cm³/mol. The Labute approximate surface area is 107 Å². The fourth-order valence-electron chi connectivity index (χ4n) is 2.36. The van der Waals surface area contributed by atoms with Crippen LogP contribution in [-0.2, 0) is 6.54 Å². The minimum atomic E-state index is -0.0790. The molecule has 1 aromatic carbocycles. The van der Waals surface area contributed by atoms with Gasteiger partial charge in [0.25, 0.3) is 0 Å². The van der Waals surface area contributed by atoms with Crippen molar-refractivity contribution in [2.75, 3.05) is 19.3 Å². The van der Waals surface area contributed by atoms with Gasteiger partial charge in [-0.25, -0.2) is 0 Å². The monoisotopic (exact) mass is 254 g/mol. The van der Waals surface area contributed by atoms with Crippen molar-refractivity contribution in [2.24, 2.45) is 5.92 Å². The fraction of sp³-hybridized carbons (Fsp3) is 0.538. The highest BCUT2D eigenvalue weighted by Gasteiger charge is 2.27. The Morgan fingerprint density at radius 3 is 2.82 bits per heavy atom. The molecule has 1 saturated carbocycles. The molecule has 1 aromatic rings. The largest absolute Gasteiger partial charge is 0.398 e. The molecule has 0 atom stereocenters. The average molecular weight is 255 g/mol. The Balaban J connectivity index is 1.89. The summed E-state index contributed by atoms with van der Waals surface area (Å²) < 4.78 is 0. The van der Waals surface area contributed by atoms with Crippen LogP contribution in [-0.4, -0.2) is 29.7 Å². The molecule has 0 heterocycles. The number of aliphatic hydroxyl groups excluding tert-OH is 1. The maximum atomic E-state index is 9.25. The van der Waals surface area contributed by atoms with Crippen LogP contribution >= 0.6 is 11.6 Å². The maximum Gasteiger partial charge on any atom is 0.0546 e. The van der Waals surface area contributed by atoms with Gasteiger partial charge in [-0.3, -0.25) is 0 Å². The normalized spacial score (nSPS) is 23.8. The zero-order chi connectivity index (χ0) is 12.4. The Bertz CT molecular complexity index is 391. The number of hydrogen-bond acceptors (Lipinski definition) is 3. The van der Waals surface area contributed by atoms with Crippen LogP contribution in [0.25, 0.3) is 0 Å². The average Bonchev–Trinajstić information content (AvgIpc) is 2.21. The van der Waals surface area contributed by atoms with E-state index in [4.69, 9.17) is 17.3 Å². The van der Waals surface area contributed by atoms with Crippen LogP contribution < -0.4 is 5.73 Å². The van der Waals surface area contributed by atoms with E-state index < -0.39 is 0 Å². The first kappa shape index (κ1) is 12.7. The van der Waals surface area contributed by atoms with Gasteiger partial charge in [-0.1, -0.05) is 11.6 Å². The second kappa shape index (κ2) is 5.25. The first-order valence-corrected chi connectivity index (χ1v) is 6.33. The molecule has 4 heteroatoms. The number of nitrogens with zero attached hydrogens (tertiary/aromatic N) is 1. The van der Waals surface area contributed by atoms with E-state index in [1.54, 1.807) is 0 Å². The van der Waals surface area contributed by atoms with Gasteiger partial charge in [0.15, 0.2) is 0 Å². The lowest BCUT2D eigenvalue weighted by atomic mass is 9.82. The number of hydrogen-bond donors (Lipinski definition) is 2. The van der Waals surface area contributed by atoms with E-state index in [1.807, 2.05) is 18.2 Å². The highest BCUT2D eigenvalue weighted by Crippen LogP contribution is 2.28. The van der Waals surface area contributed by atoms with E-state index in [2.05, 4.69) is 11.9 Å². The number of benzene rings is 1. The van der Waals surface area contributed by atoms with Gasteiger partial charge in [-0.15, -0.1) is 0 Å². The third kappa shape index (κ3) is 3.35. The number of nitrogen functional groups attached to an aromatic ring is 1. The molecule has 3 nitrogen and oxygen atoms in total. The third-order valence-corrected chi connectivity index (χ3v) is 3.56. The van der Waals surface area contributed by atoms with Crippen LogP contribution in [0.4, 0.5) is 5.69 Å². The van der Waals surface area contributed by atoms with Crippen LogP contribution in [0, 0.1) is 5.92 Å². The van der Waals surface area contributed by atoms with E-state index in [0.717, 1.165) is 42.2 Å². The molecule has 94 valence electrons. The number of nitrogens with two attached hydrogens (primary N) is 1. The molecule has 3 N–H and O–H groups in total. The van der Waals surface area contributed by atoms with E-state index in [0.29, 0.717) is 5.92 Å². The summed E-state index contributed by atoms with van der Waals surface area (Å²) in [7, 11) is 2.07. The molecule has 0 saturated heterocycles. The van der Waals surface area contributed by atoms with Gasteiger partial charge in [-0.05, 0) is 49.6 Å². The number of rotatable bonds is 4. The van der Waals surface area contributed by atoms with Crippen LogP contribution in [0.15, 0.2) is 18.2 Å². The minimum absolute atomic E-state index is 0.0790. The molecule has 0 unspecified atom stereocenters. The summed E-state index contributed by atoms with van der Waals surface area (Å²) in [6.45, 7) is 1.81. The quantitative estimate of drug-likeness (QED) is 0.810. The molecule has 0 amide bonds. The Morgan fingerprint density at radius 2 is 2.18 bits per heavy atom. The van der Waals surface area contributed by atoms with Crippen molar-refractivity contribution >= 4 is 17.3 Å². The number of anilines is 1. The molecular formula is C13H19ClN2O. The van der Waals surface area contributed by atoms with Crippen molar-refractivity contribution in [1.29, 1.82) is 0 Å². The minimum Gasteiger partial charge on any atom is -0.398 e. The Kier molecular flexibility index (Phi) is 3.92. The second-order valence-electron chi connectivity index (χ2n) is 5.03. The van der Waals surface area contributed by atoms with Gasteiger partial charge in [0.2, 0.25) is 0 Å². The molecule has 1 aliphatic rings. The van der Waals surface area contributed by atoms with Gasteiger partial charge in [0, 0.05) is 23.8 Å². The van der Waals surface area contributed by atoms with E-state index in [-0.39, 0.29) is 6.10 Å². The number of aliphatic hydroxyl groups is 1. The lowest BCUT2D eigenvalue weighted by Gasteiger charge is -2.34. The summed E-state index contributed by atoms with van der Waals surface area (Å²) in [4.78, 5) is 2.23. The van der Waals surface area contributed by atoms with E-state index in [9.17, 15) is 5.11 Å². The van der Waals surface area contributed by atoms with Crippen molar-refractivity contribution < 1.29 is 5.11 Å². The summed E-state index contributed by atoms with van der Waals surface area (Å²) in [6.07, 6.45) is 1.77. The molecule has 1 aliphatic carbocycles. The fourth-order valence-corrected chi connectivity index (χ4v) is 2.55. The maximum absolute atomic E-state index is 9.25. The Morgan fingerprint density at radius 1 is 1.47 bits per heavy atom. The van der Waals surface area contributed by atoms with Crippen LogP contribution in [0.5, 0.6) is 0 Å². The molecule has 0 aliphatic heterocycles. The summed E-state index contributed by atoms with van der Waals surface area (Å²) in [6, 6.07) is 5.57. The molecule has 17 heavy (non-hydrogen) atoms. The molecular weight excluding hydrogens is 236 g/mol. The van der Waals surface area contributed by atoms with Gasteiger partial charge >= 0.3 is 0 Å². The lowest BCUT2D eigenvalue weighted by molar-refractivity contribution is 0.0274. The van der Waals surface area contributed by atoms with Crippen LogP contribution in [0.1, 0.15) is 18.4 Å². The molecule has 0 radical (unpaired) electrons. The second-order valence-corrected chi connectivity index (χ2v) is 5.47. The van der Waals surface area contributed by atoms with Crippen LogP contribution in [0.3, 0.4) is 0 Å². The lowest BCUT2D eigenvalue weighted by Crippen LogP contribution is -2.36. The van der Waals surface area contributed by atoms with Gasteiger partial charge in [-0.2, -0.15) is 0 Å². The van der Waals surface area contributed by atoms with Crippen molar-refractivity contribution in [3.8, 4) is 0 Å². The predicted octanol–water partition coefficient (Wildman–Crippen LogP) is 2.12. The van der Waals surface area contributed by atoms with Crippen molar-refractivity contribution in [1.82, 2.24) is 4.90 Å². The van der Waals surface area contributed by atoms with Crippen molar-refractivity contribution in [3.63, 3.8) is 0 Å². The zero-order valence-electron chi connectivity index (χ0n) is 10.1. The molecule has 2 rings (SSSR count). The first-order valence-electron chi connectivity index (χ1n) is 5.95. The highest BCUT2D eigenvalue weighted by molar-refractivity contribution is 6.30. The van der Waals surface area contributed by atoms with Gasteiger partial charge < -0.3 is 15.7 Å². The molecule has 0 spiro atoms. The molecule has 0 aromatic heterocycles. The molecule has 0 bridgehead atoms. The molecule has 1 fully saturated rings. The third-order valence-electron chi connectivity index (χ3n) is 3.33. The van der Waals surface area contributed by atoms with E-state index in [1.165, 1.54) is 0 Å². The Hall–Kier alpha value is -0.770. The first-order chi connectivity index (χ1) is 8.04. The van der Waals surface area contributed by atoms with Crippen molar-refractivity contribution in [3.05, 3.63) is 28.8 Å². The SMILES string of the molecule is CN(Cc1cc(Cl)ccc1N)CC1CC(O)C1. The van der Waals surface area contributed by atoms with Gasteiger partial charge in [0.1, 0.15) is 0 Å². The van der Waals surface area contributed by atoms with Crippen molar-refractivity contribution in [2.45, 2.75) is 25.5 Å². The highest BCUT2D eigenvalue weighted by atomic mass is 35.5. The zero-order valence-corrected chi connectivity index (χ0v) is 10.8. The van der Waals surface area contributed by atoms with Crippen LogP contribution in [0.2, 0.25) is 5.02 Å². The van der Waals surface area contributed by atoms with E-state index >= 15 is 0 Å². The smallest absolute Gasteiger partial charge is 0.0546 e. The topological polar surface area (TPSA) is 49.5 Å². The summed E-state index contributed by atoms with van der Waals surface area (Å²) in [5, 5.41) is 9.97. The summed E-state index contributed by atoms with van der Waals surface area (Å²) >= 11 is 5.96. The summed E-state index contributed by atoms with van der Waals surface area (Å²) in [5.74, 6) is 0.621. The van der Waals surface area contributed by atoms with Gasteiger partial charge in [0.05, 0.1) is 6.10 Å². The summed E-state index contributed by atoms with van der Waals surface area (Å²) in [5.41, 5.74) is 7.77.